The third kappa shape index (κ3) is 2.89. The van der Waals surface area contributed by atoms with Crippen molar-refractivity contribution in [3.05, 3.63) is 55.4 Å². The fourth-order valence-electron chi connectivity index (χ4n) is 3.22. The van der Waals surface area contributed by atoms with E-state index in [-0.39, 0.29) is 12.2 Å². The number of rotatable bonds is 3. The van der Waals surface area contributed by atoms with Crippen LogP contribution in [-0.2, 0) is 19.4 Å². The molecule has 5 nitrogen and oxygen atoms in total. The third-order valence-electron chi connectivity index (χ3n) is 4.59. The zero-order valence-electron chi connectivity index (χ0n) is 13.8. The molecule has 1 aromatic carbocycles. The van der Waals surface area contributed by atoms with Crippen LogP contribution in [0.25, 0.3) is 10.2 Å². The van der Waals surface area contributed by atoms with Crippen molar-refractivity contribution in [2.24, 2.45) is 0 Å². The molecule has 3 aromatic rings. The maximum absolute atomic E-state index is 12.7. The minimum absolute atomic E-state index is 0.130. The Morgan fingerprint density at radius 2 is 2.16 bits per heavy atom. The summed E-state index contributed by atoms with van der Waals surface area (Å²) in [4.78, 5) is 19.4. The quantitative estimate of drug-likeness (QED) is 0.710. The molecule has 25 heavy (non-hydrogen) atoms. The molecule has 0 unspecified atom stereocenters. The molecule has 2 N–H and O–H groups in total. The van der Waals surface area contributed by atoms with Crippen molar-refractivity contribution in [3.63, 3.8) is 0 Å². The summed E-state index contributed by atoms with van der Waals surface area (Å²) >= 11 is 7.64. The Kier molecular flexibility index (Phi) is 4.17. The number of halogens is 1. The molecule has 1 aliphatic carbocycles. The minimum atomic E-state index is -0.185. The summed E-state index contributed by atoms with van der Waals surface area (Å²) < 4.78 is 6.88. The average Bonchev–Trinajstić information content (AvgIpc) is 2.98. The Labute approximate surface area is 154 Å². The number of nitrogen functional groups attached to an aromatic ring is 1. The molecule has 130 valence electrons. The van der Waals surface area contributed by atoms with Crippen LogP contribution in [0.15, 0.2) is 23.0 Å². The SMILES string of the molecule is Cc1cc(OCc2nc3sc4c(c3c(=O)n2N)CCCC4)ccc1Cl. The first kappa shape index (κ1) is 16.4. The summed E-state index contributed by atoms with van der Waals surface area (Å²) in [6.07, 6.45) is 4.24. The Bertz CT molecular complexity index is 1030. The van der Waals surface area contributed by atoms with Crippen molar-refractivity contribution < 1.29 is 4.74 Å². The molecular weight excluding hydrogens is 358 g/mol. The number of benzene rings is 1. The Balaban J connectivity index is 1.69. The molecule has 0 bridgehead atoms. The lowest BCUT2D eigenvalue weighted by atomic mass is 9.97. The highest BCUT2D eigenvalue weighted by Crippen LogP contribution is 2.33. The van der Waals surface area contributed by atoms with E-state index >= 15 is 0 Å². The van der Waals surface area contributed by atoms with Crippen molar-refractivity contribution in [1.82, 2.24) is 9.66 Å². The molecule has 1 aliphatic rings. The van der Waals surface area contributed by atoms with Crippen LogP contribution >= 0.6 is 22.9 Å². The molecule has 0 spiro atoms. The van der Waals surface area contributed by atoms with Crippen LogP contribution in [0.2, 0.25) is 5.02 Å². The van der Waals surface area contributed by atoms with Gasteiger partial charge in [-0.15, -0.1) is 11.3 Å². The minimum Gasteiger partial charge on any atom is -0.486 e. The number of aryl methyl sites for hydroxylation is 3. The van der Waals surface area contributed by atoms with Crippen LogP contribution in [0.3, 0.4) is 0 Å². The molecule has 4 rings (SSSR count). The average molecular weight is 376 g/mol. The van der Waals surface area contributed by atoms with E-state index in [1.807, 2.05) is 13.0 Å². The summed E-state index contributed by atoms with van der Waals surface area (Å²) in [7, 11) is 0. The van der Waals surface area contributed by atoms with Gasteiger partial charge in [0.1, 0.15) is 17.2 Å². The maximum atomic E-state index is 12.7. The number of hydrogen-bond acceptors (Lipinski definition) is 5. The van der Waals surface area contributed by atoms with Gasteiger partial charge in [0.2, 0.25) is 0 Å². The van der Waals surface area contributed by atoms with E-state index in [1.54, 1.807) is 23.5 Å². The molecule has 2 aromatic heterocycles. The smallest absolute Gasteiger partial charge is 0.281 e. The second kappa shape index (κ2) is 6.35. The molecule has 0 saturated carbocycles. The van der Waals surface area contributed by atoms with E-state index in [0.29, 0.717) is 22.0 Å². The highest BCUT2D eigenvalue weighted by molar-refractivity contribution is 7.18. The van der Waals surface area contributed by atoms with Crippen LogP contribution in [-0.4, -0.2) is 9.66 Å². The molecular formula is C18H18ClN3O2S. The van der Waals surface area contributed by atoms with Crippen LogP contribution in [0.5, 0.6) is 5.75 Å². The molecule has 0 aliphatic heterocycles. The summed E-state index contributed by atoms with van der Waals surface area (Å²) in [5.74, 6) is 7.09. The molecule has 0 radical (unpaired) electrons. The largest absolute Gasteiger partial charge is 0.486 e. The second-order valence-corrected chi connectivity index (χ2v) is 7.78. The number of nitrogens with two attached hydrogens (primary N) is 1. The van der Waals surface area contributed by atoms with Gasteiger partial charge in [-0.3, -0.25) is 4.79 Å². The van der Waals surface area contributed by atoms with Gasteiger partial charge in [0.25, 0.3) is 5.56 Å². The molecule has 7 heteroatoms. The van der Waals surface area contributed by atoms with E-state index in [2.05, 4.69) is 4.98 Å². The van der Waals surface area contributed by atoms with E-state index in [9.17, 15) is 4.79 Å². The summed E-state index contributed by atoms with van der Waals surface area (Å²) in [6, 6.07) is 5.42. The van der Waals surface area contributed by atoms with E-state index in [0.717, 1.165) is 39.9 Å². The summed E-state index contributed by atoms with van der Waals surface area (Å²) in [5.41, 5.74) is 1.89. The van der Waals surface area contributed by atoms with Gasteiger partial charge in [0.05, 0.1) is 5.39 Å². The maximum Gasteiger partial charge on any atom is 0.281 e. The van der Waals surface area contributed by atoms with Gasteiger partial charge in [0, 0.05) is 9.90 Å². The lowest BCUT2D eigenvalue weighted by Gasteiger charge is -2.11. The van der Waals surface area contributed by atoms with Gasteiger partial charge in [-0.25, -0.2) is 9.66 Å². The lowest BCUT2D eigenvalue weighted by molar-refractivity contribution is 0.291. The standard InChI is InChI=1S/C18H18ClN3O2S/c1-10-8-11(6-7-13(10)19)24-9-15-21-17-16(18(23)22(15)20)12-4-2-3-5-14(12)25-17/h6-8H,2-5,9,20H2,1H3. The van der Waals surface area contributed by atoms with Gasteiger partial charge in [-0.1, -0.05) is 11.6 Å². The molecule has 0 amide bonds. The van der Waals surface area contributed by atoms with Crippen molar-refractivity contribution in [2.75, 3.05) is 5.84 Å². The van der Waals surface area contributed by atoms with Crippen molar-refractivity contribution in [1.29, 1.82) is 0 Å². The highest BCUT2D eigenvalue weighted by atomic mass is 35.5. The number of aromatic nitrogens is 2. The zero-order valence-corrected chi connectivity index (χ0v) is 15.4. The normalized spacial score (nSPS) is 13.8. The van der Waals surface area contributed by atoms with Gasteiger partial charge in [-0.2, -0.15) is 0 Å². The fraction of sp³-hybridized carbons (Fsp3) is 0.333. The predicted octanol–water partition coefficient (Wildman–Crippen LogP) is 3.59. The predicted molar refractivity (Wildman–Crippen MR) is 101 cm³/mol. The first-order valence-corrected chi connectivity index (χ1v) is 9.44. The van der Waals surface area contributed by atoms with Crippen LogP contribution in [0, 0.1) is 6.92 Å². The number of thiophene rings is 1. The molecule has 2 heterocycles. The third-order valence-corrected chi connectivity index (χ3v) is 6.20. The van der Waals surface area contributed by atoms with E-state index in [1.165, 1.54) is 11.3 Å². The monoisotopic (exact) mass is 375 g/mol. The van der Waals surface area contributed by atoms with Crippen LogP contribution < -0.4 is 16.1 Å². The van der Waals surface area contributed by atoms with Crippen molar-refractivity contribution in [2.45, 2.75) is 39.2 Å². The summed E-state index contributed by atoms with van der Waals surface area (Å²) in [6.45, 7) is 2.04. The van der Waals surface area contributed by atoms with Crippen molar-refractivity contribution in [3.8, 4) is 5.75 Å². The molecule has 0 fully saturated rings. The molecule has 0 atom stereocenters. The first-order chi connectivity index (χ1) is 12.0. The van der Waals surface area contributed by atoms with Gasteiger partial charge in [-0.05, 0) is 61.9 Å². The number of nitrogens with zero attached hydrogens (tertiary/aromatic N) is 2. The van der Waals surface area contributed by atoms with Crippen molar-refractivity contribution >= 4 is 33.2 Å². The van der Waals surface area contributed by atoms with Gasteiger partial charge >= 0.3 is 0 Å². The Morgan fingerprint density at radius 3 is 2.96 bits per heavy atom. The Hall–Kier alpha value is -2.05. The number of ether oxygens (including phenoxy) is 1. The molecule has 0 saturated heterocycles. The number of hydrogen-bond donors (Lipinski definition) is 1. The zero-order chi connectivity index (χ0) is 17.6. The topological polar surface area (TPSA) is 70.1 Å². The summed E-state index contributed by atoms with van der Waals surface area (Å²) in [5, 5.41) is 1.38. The fourth-order valence-corrected chi connectivity index (χ4v) is 4.60. The lowest BCUT2D eigenvalue weighted by Crippen LogP contribution is -2.32. The number of fused-ring (bicyclic) bond motifs is 3. The van der Waals surface area contributed by atoms with Crippen LogP contribution in [0.4, 0.5) is 0 Å². The Morgan fingerprint density at radius 1 is 1.36 bits per heavy atom. The first-order valence-electron chi connectivity index (χ1n) is 8.25. The van der Waals surface area contributed by atoms with Gasteiger partial charge in [0.15, 0.2) is 5.82 Å². The van der Waals surface area contributed by atoms with Crippen LogP contribution in [0.1, 0.15) is 34.7 Å². The second-order valence-electron chi connectivity index (χ2n) is 6.29. The van der Waals surface area contributed by atoms with E-state index in [4.69, 9.17) is 22.2 Å². The van der Waals surface area contributed by atoms with Gasteiger partial charge < -0.3 is 10.6 Å². The van der Waals surface area contributed by atoms with E-state index < -0.39 is 0 Å². The highest BCUT2D eigenvalue weighted by Gasteiger charge is 2.21.